The average Bonchev–Trinajstić information content (AvgIpc) is 1.39. The van der Waals surface area contributed by atoms with Gasteiger partial charge in [0.2, 0.25) is 4.91 Å². The average molecular weight is 103 g/mol. The number of hydrogen-bond donors (Lipinski definition) is 3. The Bertz CT molecular complexity index is 61.5. The molecule has 0 aromatic carbocycles. The molecule has 32 valence electrons. The predicted octanol–water partition coefficient (Wildman–Crippen LogP) is 0.784. The van der Waals surface area contributed by atoms with Crippen LogP contribution in [0.25, 0.3) is 0 Å². The van der Waals surface area contributed by atoms with E-state index in [-0.39, 0.29) is 0 Å². The monoisotopic (exact) mass is 103 g/mol. The largest absolute Gasteiger partial charge is 0.248 e. The second-order valence-electron chi connectivity index (χ2n) is 0.214. The lowest BCUT2D eigenvalue weighted by Gasteiger charge is -1.05. The molecular formula is CH3N4S+. The predicted molar refractivity (Wildman–Crippen MR) is 22.9 cm³/mol. The molecule has 0 saturated heterocycles. The van der Waals surface area contributed by atoms with E-state index in [2.05, 4.69) is 12.2 Å². The summed E-state index contributed by atoms with van der Waals surface area (Å²) in [4.78, 5) is 2.00. The van der Waals surface area contributed by atoms with Gasteiger partial charge in [-0.2, -0.15) is 0 Å². The molecule has 0 bridgehead atoms. The lowest BCUT2D eigenvalue weighted by atomic mass is 11.8. The van der Waals surface area contributed by atoms with Gasteiger partial charge in [-0.1, -0.05) is 0 Å². The fourth-order valence-electron chi connectivity index (χ4n) is 0. The van der Waals surface area contributed by atoms with Gasteiger partial charge >= 0.3 is 0 Å². The first-order chi connectivity index (χ1) is 2.83. The van der Waals surface area contributed by atoms with Crippen LogP contribution in [0.4, 0.5) is 0 Å². The summed E-state index contributed by atoms with van der Waals surface area (Å²) in [6.07, 6.45) is 0. The van der Waals surface area contributed by atoms with E-state index in [0.717, 1.165) is 0 Å². The SMILES string of the molecule is N=C=S.N=[N+]=N. The molecule has 3 N–H and O–H groups in total. The van der Waals surface area contributed by atoms with Crippen molar-refractivity contribution in [3.05, 3.63) is 0 Å². The molecule has 0 aromatic rings. The van der Waals surface area contributed by atoms with Crippen LogP contribution in [0.3, 0.4) is 0 Å². The van der Waals surface area contributed by atoms with Gasteiger partial charge in [0.15, 0.2) is 0 Å². The first-order valence-electron chi connectivity index (χ1n) is 0.901. The molecule has 0 amide bonds. The van der Waals surface area contributed by atoms with E-state index < -0.39 is 0 Å². The molecule has 0 rings (SSSR count). The van der Waals surface area contributed by atoms with Gasteiger partial charge < -0.3 is 0 Å². The van der Waals surface area contributed by atoms with Crippen LogP contribution in [0, 0.1) is 16.5 Å². The maximum atomic E-state index is 5.77. The van der Waals surface area contributed by atoms with Crippen LogP contribution < -0.4 is 4.91 Å². The van der Waals surface area contributed by atoms with Crippen LogP contribution in [-0.2, 0) is 0 Å². The first kappa shape index (κ1) is 8.92. The van der Waals surface area contributed by atoms with Crippen molar-refractivity contribution >= 4 is 17.4 Å². The van der Waals surface area contributed by atoms with Crippen LogP contribution in [-0.4, -0.2) is 5.16 Å². The van der Waals surface area contributed by atoms with Crippen molar-refractivity contribution in [2.45, 2.75) is 0 Å². The minimum absolute atomic E-state index is 1.58. The molecular weight excluding hydrogens is 100 g/mol. The summed E-state index contributed by atoms with van der Waals surface area (Å²) in [5, 5.41) is 7.36. The van der Waals surface area contributed by atoms with Crippen molar-refractivity contribution in [1.29, 1.82) is 16.5 Å². The summed E-state index contributed by atoms with van der Waals surface area (Å²) in [6.45, 7) is 0. The Morgan fingerprint density at radius 2 is 1.50 bits per heavy atom. The molecule has 4 nitrogen and oxygen atoms in total. The third-order valence-corrected chi connectivity index (χ3v) is 0. The van der Waals surface area contributed by atoms with Gasteiger partial charge in [0.05, 0.1) is 5.16 Å². The van der Waals surface area contributed by atoms with Gasteiger partial charge in [-0.25, -0.2) is 5.41 Å². The minimum atomic E-state index is 1.58. The fraction of sp³-hybridized carbons (Fsp3) is 0. The maximum absolute atomic E-state index is 5.77. The van der Waals surface area contributed by atoms with Crippen LogP contribution >= 0.6 is 12.2 Å². The van der Waals surface area contributed by atoms with Crippen molar-refractivity contribution < 1.29 is 0 Å². The fourth-order valence-corrected chi connectivity index (χ4v) is 0. The molecule has 0 aliphatic heterocycles. The lowest BCUT2D eigenvalue weighted by Crippen LogP contribution is -1.24. The summed E-state index contributed by atoms with van der Waals surface area (Å²) in [7, 11) is 0. The number of hydrogen-bond acceptors (Lipinski definition) is 4. The third kappa shape index (κ3) is 17.5. The number of rotatable bonds is 0. The molecule has 0 aromatic heterocycles. The quantitative estimate of drug-likeness (QED) is 0.180. The zero-order valence-corrected chi connectivity index (χ0v) is 3.67. The standard InChI is InChI=1S/CHNS.H2N3/c2-1-3;1-3-2/h2H;1-2H/q;+1. The van der Waals surface area contributed by atoms with Crippen LogP contribution in [0.2, 0.25) is 0 Å². The van der Waals surface area contributed by atoms with E-state index in [9.17, 15) is 0 Å². The molecule has 0 aliphatic rings. The Hall–Kier alpha value is -0.890. The number of nitrogens with one attached hydrogen (secondary N) is 3. The zero-order valence-electron chi connectivity index (χ0n) is 2.86. The molecule has 0 aliphatic carbocycles. The molecule has 0 fully saturated rings. The Kier molecular flexibility index (Phi) is 48.0. The minimum Gasteiger partial charge on any atom is -0.248 e. The lowest BCUT2D eigenvalue weighted by molar-refractivity contribution is 0.928. The van der Waals surface area contributed by atoms with Crippen molar-refractivity contribution in [3.8, 4) is 0 Å². The smallest absolute Gasteiger partial charge is 0.211 e. The molecule has 0 spiro atoms. The van der Waals surface area contributed by atoms with Gasteiger partial charge in [-0.3, -0.25) is 0 Å². The Morgan fingerprint density at radius 3 is 1.50 bits per heavy atom. The number of thiocarbonyl (C=S) groups is 1. The zero-order chi connectivity index (χ0) is 5.41. The van der Waals surface area contributed by atoms with Gasteiger partial charge in [0.25, 0.3) is 0 Å². The third-order valence-electron chi connectivity index (χ3n) is 0. The molecule has 5 heteroatoms. The number of isothiocyanates is 1. The van der Waals surface area contributed by atoms with E-state index in [1.54, 1.807) is 5.16 Å². The highest BCUT2D eigenvalue weighted by Gasteiger charge is 1.16. The van der Waals surface area contributed by atoms with Crippen molar-refractivity contribution in [2.75, 3.05) is 0 Å². The summed E-state index contributed by atoms with van der Waals surface area (Å²) >= 11 is 3.81. The molecule has 0 radical (unpaired) electrons. The van der Waals surface area contributed by atoms with Gasteiger partial charge in [0, 0.05) is 0 Å². The Labute approximate surface area is 39.7 Å². The van der Waals surface area contributed by atoms with Gasteiger partial charge in [-0.05, 0) is 12.2 Å². The van der Waals surface area contributed by atoms with Crippen molar-refractivity contribution in [1.82, 2.24) is 4.91 Å². The van der Waals surface area contributed by atoms with Crippen LogP contribution in [0.5, 0.6) is 0 Å². The summed E-state index contributed by atoms with van der Waals surface area (Å²) in [6, 6.07) is 0. The molecule has 0 saturated carbocycles. The van der Waals surface area contributed by atoms with E-state index in [0.29, 0.717) is 0 Å². The maximum Gasteiger partial charge on any atom is 0.211 e. The van der Waals surface area contributed by atoms with Crippen molar-refractivity contribution in [2.24, 2.45) is 0 Å². The summed E-state index contributed by atoms with van der Waals surface area (Å²) in [5.74, 6) is 0. The van der Waals surface area contributed by atoms with Gasteiger partial charge in [-0.15, -0.1) is 0 Å². The van der Waals surface area contributed by atoms with E-state index in [1.165, 1.54) is 0 Å². The number of nitrogens with zero attached hydrogens (tertiary/aromatic N) is 1. The van der Waals surface area contributed by atoms with E-state index in [4.69, 9.17) is 16.5 Å². The molecule has 6 heavy (non-hydrogen) atoms. The molecule has 0 unspecified atom stereocenters. The van der Waals surface area contributed by atoms with E-state index in [1.807, 2.05) is 4.91 Å². The second-order valence-corrected chi connectivity index (χ2v) is 0.418. The van der Waals surface area contributed by atoms with Crippen LogP contribution in [0.15, 0.2) is 0 Å². The van der Waals surface area contributed by atoms with Crippen molar-refractivity contribution in [3.63, 3.8) is 0 Å². The Morgan fingerprint density at radius 1 is 1.50 bits per heavy atom. The Balaban J connectivity index is 0. The molecule has 0 atom stereocenters. The topological polar surface area (TPSA) is 85.7 Å². The summed E-state index contributed by atoms with van der Waals surface area (Å²) < 4.78 is 0. The normalized spacial score (nSPS) is 2.67. The second kappa shape index (κ2) is 32.3. The highest BCUT2D eigenvalue weighted by molar-refractivity contribution is 7.78. The van der Waals surface area contributed by atoms with E-state index >= 15 is 0 Å². The highest BCUT2D eigenvalue weighted by Crippen LogP contribution is 1.16. The van der Waals surface area contributed by atoms with Crippen LogP contribution in [0.1, 0.15) is 0 Å². The first-order valence-corrected chi connectivity index (χ1v) is 1.31. The highest BCUT2D eigenvalue weighted by atomic mass is 32.1. The van der Waals surface area contributed by atoms with Gasteiger partial charge in [0.1, 0.15) is 11.1 Å². The summed E-state index contributed by atoms with van der Waals surface area (Å²) in [5.41, 5.74) is 11.0. The molecule has 0 heterocycles.